The van der Waals surface area contributed by atoms with Crippen molar-refractivity contribution in [1.29, 1.82) is 0 Å². The van der Waals surface area contributed by atoms with Crippen LogP contribution >= 0.6 is 0 Å². The van der Waals surface area contributed by atoms with E-state index in [2.05, 4.69) is 16.4 Å². The van der Waals surface area contributed by atoms with Crippen molar-refractivity contribution in [2.75, 3.05) is 6.61 Å². The van der Waals surface area contributed by atoms with Crippen molar-refractivity contribution in [3.05, 3.63) is 60.2 Å². The molecule has 2 heterocycles. The van der Waals surface area contributed by atoms with Crippen LogP contribution in [0.15, 0.2) is 48.7 Å². The second-order valence-corrected chi connectivity index (χ2v) is 10.3. The van der Waals surface area contributed by atoms with E-state index in [1.807, 2.05) is 31.2 Å². The molecule has 1 unspecified atom stereocenters. The molecule has 190 valence electrons. The summed E-state index contributed by atoms with van der Waals surface area (Å²) < 4.78 is 24.3. The number of alkyl carbamates (subject to hydrolysis) is 1. The van der Waals surface area contributed by atoms with Gasteiger partial charge in [0, 0.05) is 23.7 Å². The van der Waals surface area contributed by atoms with Crippen molar-refractivity contribution >= 4 is 18.1 Å². The van der Waals surface area contributed by atoms with E-state index in [4.69, 9.17) is 9.47 Å². The molecule has 1 aliphatic heterocycles. The van der Waals surface area contributed by atoms with Crippen molar-refractivity contribution in [2.45, 2.75) is 51.7 Å². The Labute approximate surface area is 211 Å². The minimum atomic E-state index is -0.368. The number of allylic oxidation sites excluding steroid dienone is 1. The summed E-state index contributed by atoms with van der Waals surface area (Å²) in [5.41, 5.74) is 2.48. The molecular weight excluding hydrogens is 459 g/mol. The Hall–Kier alpha value is -3.22. The predicted molar refractivity (Wildman–Crippen MR) is 134 cm³/mol. The van der Waals surface area contributed by atoms with Gasteiger partial charge in [0.05, 0.1) is 18.2 Å². The number of esters is 1. The molecule has 0 bridgehead atoms. The van der Waals surface area contributed by atoms with Gasteiger partial charge in [0.1, 0.15) is 11.9 Å². The van der Waals surface area contributed by atoms with Crippen LogP contribution in [0, 0.1) is 35.4 Å². The SMILES string of the molecule is CCOC(=O)N[C@@H]1CC[C@@H]2[C@@H](CC3C(=O)O[C@@H](C)[C@@H]3[C@@H]2/C=C/c2ccc(-c3cccc(F)c3)cn2)C1. The molecule has 1 amide bonds. The number of rotatable bonds is 5. The van der Waals surface area contributed by atoms with E-state index < -0.39 is 0 Å². The first kappa shape index (κ1) is 24.5. The number of benzene rings is 1. The minimum Gasteiger partial charge on any atom is -0.462 e. The van der Waals surface area contributed by atoms with Gasteiger partial charge >= 0.3 is 12.1 Å². The molecule has 1 saturated heterocycles. The van der Waals surface area contributed by atoms with Gasteiger partial charge in [-0.05, 0) is 87.1 Å². The summed E-state index contributed by atoms with van der Waals surface area (Å²) in [6.07, 6.45) is 9.07. The van der Waals surface area contributed by atoms with Crippen LogP contribution in [0.5, 0.6) is 0 Å². The maximum Gasteiger partial charge on any atom is 0.407 e. The molecule has 1 aromatic heterocycles. The molecule has 3 fully saturated rings. The lowest BCUT2D eigenvalue weighted by molar-refractivity contribution is -0.144. The number of cyclic esters (lactones) is 1. The lowest BCUT2D eigenvalue weighted by atomic mass is 9.57. The summed E-state index contributed by atoms with van der Waals surface area (Å²) in [6.45, 7) is 4.15. The third-order valence-corrected chi connectivity index (χ3v) is 8.18. The van der Waals surface area contributed by atoms with E-state index in [-0.39, 0.29) is 47.8 Å². The van der Waals surface area contributed by atoms with Gasteiger partial charge in [0.25, 0.3) is 0 Å². The summed E-state index contributed by atoms with van der Waals surface area (Å²) in [4.78, 5) is 29.2. The highest BCUT2D eigenvalue weighted by Gasteiger charge is 2.54. The number of nitrogens with zero attached hydrogens (tertiary/aromatic N) is 1. The molecule has 7 atom stereocenters. The monoisotopic (exact) mass is 492 g/mol. The first-order valence-electron chi connectivity index (χ1n) is 13.0. The molecule has 7 heteroatoms. The van der Waals surface area contributed by atoms with Crippen LogP contribution < -0.4 is 5.32 Å². The standard InChI is InChI=1S/C29H33FN2O4/c1-3-35-29(34)32-23-10-11-24-20(14-23)15-26-27(17(2)36-28(26)33)25(24)12-9-22-8-7-19(16-31-22)18-5-4-6-21(30)13-18/h4-9,12-13,16-17,20,23-27H,3,10-11,14-15H2,1-2H3,(H,32,34)/b12-9+/t17-,20+,23+,24+,25+,26?,27+/m0/s1. The topological polar surface area (TPSA) is 77.5 Å². The van der Waals surface area contributed by atoms with Gasteiger partial charge in [-0.1, -0.05) is 24.3 Å². The van der Waals surface area contributed by atoms with Crippen LogP contribution in [0.2, 0.25) is 0 Å². The Morgan fingerprint density at radius 1 is 1.22 bits per heavy atom. The molecule has 1 N–H and O–H groups in total. The van der Waals surface area contributed by atoms with Crippen LogP contribution in [0.1, 0.15) is 45.2 Å². The average Bonchev–Trinajstić information content (AvgIpc) is 3.15. The molecule has 2 saturated carbocycles. The van der Waals surface area contributed by atoms with Gasteiger partial charge in [-0.3, -0.25) is 9.78 Å². The highest BCUT2D eigenvalue weighted by atomic mass is 19.1. The van der Waals surface area contributed by atoms with Gasteiger partial charge in [0.2, 0.25) is 0 Å². The van der Waals surface area contributed by atoms with E-state index in [1.165, 1.54) is 12.1 Å². The van der Waals surface area contributed by atoms with E-state index in [9.17, 15) is 14.0 Å². The number of halogens is 1. The second kappa shape index (κ2) is 10.4. The summed E-state index contributed by atoms with van der Waals surface area (Å²) in [5.74, 6) is 0.629. The number of carbonyl (C=O) groups excluding carboxylic acids is 2. The Morgan fingerprint density at radius 2 is 2.08 bits per heavy atom. The molecular formula is C29H33FN2O4. The minimum absolute atomic E-state index is 0.0679. The highest BCUT2D eigenvalue weighted by molar-refractivity contribution is 5.75. The molecule has 36 heavy (non-hydrogen) atoms. The number of ether oxygens (including phenoxy) is 2. The molecule has 1 aromatic carbocycles. The lowest BCUT2D eigenvalue weighted by Gasteiger charge is -2.47. The Morgan fingerprint density at radius 3 is 2.83 bits per heavy atom. The maximum absolute atomic E-state index is 13.6. The van der Waals surface area contributed by atoms with Crippen molar-refractivity contribution in [3.63, 3.8) is 0 Å². The Bertz CT molecular complexity index is 1130. The Kier molecular flexibility index (Phi) is 7.08. The van der Waals surface area contributed by atoms with E-state index in [0.717, 1.165) is 42.5 Å². The summed E-state index contributed by atoms with van der Waals surface area (Å²) in [6, 6.07) is 10.4. The largest absolute Gasteiger partial charge is 0.462 e. The predicted octanol–water partition coefficient (Wildman–Crippen LogP) is 5.63. The number of aromatic nitrogens is 1. The van der Waals surface area contributed by atoms with Crippen LogP contribution in [0.25, 0.3) is 17.2 Å². The van der Waals surface area contributed by atoms with Gasteiger partial charge in [0.15, 0.2) is 0 Å². The van der Waals surface area contributed by atoms with Crippen LogP contribution in [0.3, 0.4) is 0 Å². The first-order valence-corrected chi connectivity index (χ1v) is 13.0. The number of carbonyl (C=O) groups is 2. The number of pyridine rings is 1. The van der Waals surface area contributed by atoms with Gasteiger partial charge in [-0.2, -0.15) is 0 Å². The summed E-state index contributed by atoms with van der Waals surface area (Å²) in [7, 11) is 0. The molecule has 2 aliphatic carbocycles. The molecule has 0 radical (unpaired) electrons. The van der Waals surface area contributed by atoms with Crippen molar-refractivity contribution in [3.8, 4) is 11.1 Å². The third-order valence-electron chi connectivity index (χ3n) is 8.18. The zero-order valence-electron chi connectivity index (χ0n) is 20.7. The number of fused-ring (bicyclic) bond motifs is 2. The van der Waals surface area contributed by atoms with Crippen molar-refractivity contribution < 1.29 is 23.5 Å². The summed E-state index contributed by atoms with van der Waals surface area (Å²) in [5, 5.41) is 3.00. The number of hydrogen-bond donors (Lipinski definition) is 1. The van der Waals surface area contributed by atoms with Gasteiger partial charge in [-0.15, -0.1) is 0 Å². The van der Waals surface area contributed by atoms with E-state index in [1.54, 1.807) is 19.2 Å². The summed E-state index contributed by atoms with van der Waals surface area (Å²) >= 11 is 0. The highest BCUT2D eigenvalue weighted by Crippen LogP contribution is 2.53. The fourth-order valence-electron chi connectivity index (χ4n) is 6.64. The van der Waals surface area contributed by atoms with Crippen LogP contribution in [-0.2, 0) is 14.3 Å². The number of hydrogen-bond acceptors (Lipinski definition) is 5. The Balaban J connectivity index is 1.34. The molecule has 5 rings (SSSR count). The molecule has 3 aliphatic rings. The average molecular weight is 493 g/mol. The fourth-order valence-corrected chi connectivity index (χ4v) is 6.64. The second-order valence-electron chi connectivity index (χ2n) is 10.3. The maximum atomic E-state index is 13.6. The molecule has 6 nitrogen and oxygen atoms in total. The number of nitrogens with one attached hydrogen (secondary N) is 1. The smallest absolute Gasteiger partial charge is 0.407 e. The van der Waals surface area contributed by atoms with E-state index >= 15 is 0 Å². The molecule has 0 spiro atoms. The number of amides is 1. The normalized spacial score (nSPS) is 31.4. The lowest BCUT2D eigenvalue weighted by Crippen LogP contribution is -2.48. The zero-order valence-corrected chi connectivity index (χ0v) is 20.7. The van der Waals surface area contributed by atoms with Crippen molar-refractivity contribution in [1.82, 2.24) is 10.3 Å². The van der Waals surface area contributed by atoms with Crippen molar-refractivity contribution in [2.24, 2.45) is 29.6 Å². The van der Waals surface area contributed by atoms with Crippen LogP contribution in [0.4, 0.5) is 9.18 Å². The van der Waals surface area contributed by atoms with E-state index in [0.29, 0.717) is 18.4 Å². The third kappa shape index (κ3) is 5.01. The van der Waals surface area contributed by atoms with Gasteiger partial charge < -0.3 is 14.8 Å². The fraction of sp³-hybridized carbons (Fsp3) is 0.483. The zero-order chi connectivity index (χ0) is 25.2. The van der Waals surface area contributed by atoms with Crippen LogP contribution in [-0.4, -0.2) is 35.8 Å². The quantitative estimate of drug-likeness (QED) is 0.548. The van der Waals surface area contributed by atoms with Gasteiger partial charge in [-0.25, -0.2) is 9.18 Å². The first-order chi connectivity index (χ1) is 17.4. The molecule has 2 aromatic rings.